The summed E-state index contributed by atoms with van der Waals surface area (Å²) in [7, 11) is -1.86. The second-order valence-corrected chi connectivity index (χ2v) is 6.47. The number of ether oxygens (including phenoxy) is 1. The number of methoxy groups -OCH3 is 1. The molecule has 17 heavy (non-hydrogen) atoms. The van der Waals surface area contributed by atoms with Crippen LogP contribution in [-0.4, -0.2) is 27.9 Å². The molecule has 0 bridgehead atoms. The van der Waals surface area contributed by atoms with Gasteiger partial charge in [0.2, 0.25) is 10.0 Å². The zero-order chi connectivity index (χ0) is 13.1. The van der Waals surface area contributed by atoms with E-state index in [-0.39, 0.29) is 12.4 Å². The Morgan fingerprint density at radius 3 is 2.29 bits per heavy atom. The Balaban J connectivity index is 2.89. The predicted molar refractivity (Wildman–Crippen MR) is 72.9 cm³/mol. The van der Waals surface area contributed by atoms with E-state index < -0.39 is 10.0 Å². The third kappa shape index (κ3) is 4.29. The Morgan fingerprint density at radius 1 is 1.29 bits per heavy atom. The van der Waals surface area contributed by atoms with Crippen molar-refractivity contribution in [2.24, 2.45) is 0 Å². The second kappa shape index (κ2) is 5.84. The predicted octanol–water partition coefficient (Wildman–Crippen LogP) is 2.45. The number of nitrogens with one attached hydrogen (secondary N) is 1. The molecule has 6 heteroatoms. The lowest BCUT2D eigenvalue weighted by Crippen LogP contribution is -2.19. The lowest BCUT2D eigenvalue weighted by Gasteiger charge is -2.11. The van der Waals surface area contributed by atoms with Crippen molar-refractivity contribution in [3.8, 4) is 0 Å². The summed E-state index contributed by atoms with van der Waals surface area (Å²) in [5.74, 6) is -0.0440. The molecule has 0 spiro atoms. The largest absolute Gasteiger partial charge is 0.384 e. The standard InChI is InChI=1S/C11H16BrNO3S/c1-8-6-10(7-9(2)11(8)12)13-17(14,15)5-4-16-3/h6-7,13H,4-5H2,1-3H3. The fraction of sp³-hybridized carbons (Fsp3) is 0.455. The smallest absolute Gasteiger partial charge is 0.234 e. The molecule has 0 aliphatic heterocycles. The van der Waals surface area contributed by atoms with Gasteiger partial charge in [0.15, 0.2) is 0 Å². The monoisotopic (exact) mass is 321 g/mol. The lowest BCUT2D eigenvalue weighted by molar-refractivity contribution is 0.217. The van der Waals surface area contributed by atoms with Gasteiger partial charge >= 0.3 is 0 Å². The quantitative estimate of drug-likeness (QED) is 0.906. The molecule has 0 heterocycles. The van der Waals surface area contributed by atoms with E-state index in [0.717, 1.165) is 15.6 Å². The van der Waals surface area contributed by atoms with Crippen molar-refractivity contribution >= 4 is 31.6 Å². The Hall–Kier alpha value is -0.590. The molecule has 96 valence electrons. The minimum atomic E-state index is -3.33. The molecule has 0 radical (unpaired) electrons. The number of hydrogen-bond donors (Lipinski definition) is 1. The normalized spacial score (nSPS) is 11.5. The summed E-state index contributed by atoms with van der Waals surface area (Å²) in [5, 5.41) is 0. The Labute approximate surface area is 111 Å². The van der Waals surface area contributed by atoms with Crippen LogP contribution >= 0.6 is 15.9 Å². The molecule has 4 nitrogen and oxygen atoms in total. The first-order valence-electron chi connectivity index (χ1n) is 5.12. The highest BCUT2D eigenvalue weighted by atomic mass is 79.9. The minimum absolute atomic E-state index is 0.0440. The Bertz CT molecular complexity index is 476. The topological polar surface area (TPSA) is 55.4 Å². The maximum absolute atomic E-state index is 11.7. The lowest BCUT2D eigenvalue weighted by atomic mass is 10.1. The summed E-state index contributed by atoms with van der Waals surface area (Å²) in [6.45, 7) is 4.03. The summed E-state index contributed by atoms with van der Waals surface area (Å²) >= 11 is 3.44. The zero-order valence-electron chi connectivity index (χ0n) is 10.1. The van der Waals surface area contributed by atoms with Gasteiger partial charge in [-0.3, -0.25) is 4.72 Å². The van der Waals surface area contributed by atoms with Gasteiger partial charge in [-0.15, -0.1) is 0 Å². The van der Waals surface area contributed by atoms with Gasteiger partial charge in [0.25, 0.3) is 0 Å². The molecule has 0 unspecified atom stereocenters. The van der Waals surface area contributed by atoms with Gasteiger partial charge in [0.1, 0.15) is 0 Å². The van der Waals surface area contributed by atoms with E-state index in [1.807, 2.05) is 13.8 Å². The number of sulfonamides is 1. The first kappa shape index (κ1) is 14.5. The molecule has 0 aliphatic carbocycles. The number of hydrogen-bond acceptors (Lipinski definition) is 3. The van der Waals surface area contributed by atoms with Crippen LogP contribution < -0.4 is 4.72 Å². The molecular weight excluding hydrogens is 306 g/mol. The molecule has 0 fully saturated rings. The van der Waals surface area contributed by atoms with E-state index in [1.165, 1.54) is 7.11 Å². The van der Waals surface area contributed by atoms with E-state index in [4.69, 9.17) is 4.74 Å². The van der Waals surface area contributed by atoms with Crippen LogP contribution in [-0.2, 0) is 14.8 Å². The van der Waals surface area contributed by atoms with Gasteiger partial charge in [0.05, 0.1) is 12.4 Å². The van der Waals surface area contributed by atoms with Crippen LogP contribution in [0.1, 0.15) is 11.1 Å². The van der Waals surface area contributed by atoms with E-state index in [1.54, 1.807) is 12.1 Å². The van der Waals surface area contributed by atoms with Crippen LogP contribution in [0.2, 0.25) is 0 Å². The zero-order valence-corrected chi connectivity index (χ0v) is 12.5. The first-order valence-corrected chi connectivity index (χ1v) is 7.56. The highest BCUT2D eigenvalue weighted by molar-refractivity contribution is 9.10. The average Bonchev–Trinajstić information content (AvgIpc) is 2.22. The highest BCUT2D eigenvalue weighted by Crippen LogP contribution is 2.25. The molecule has 0 amide bonds. The van der Waals surface area contributed by atoms with Crippen molar-refractivity contribution in [3.05, 3.63) is 27.7 Å². The molecular formula is C11H16BrNO3S. The molecule has 0 atom stereocenters. The van der Waals surface area contributed by atoms with Crippen LogP contribution in [0.5, 0.6) is 0 Å². The van der Waals surface area contributed by atoms with Gasteiger partial charge in [-0.05, 0) is 37.1 Å². The third-order valence-corrected chi connectivity index (χ3v) is 4.77. The molecule has 1 aromatic rings. The van der Waals surface area contributed by atoms with E-state index in [9.17, 15) is 8.42 Å². The molecule has 0 aliphatic rings. The maximum Gasteiger partial charge on any atom is 0.234 e. The van der Waals surface area contributed by atoms with Crippen molar-refractivity contribution < 1.29 is 13.2 Å². The first-order chi connectivity index (χ1) is 7.85. The van der Waals surface area contributed by atoms with Crippen molar-refractivity contribution in [2.45, 2.75) is 13.8 Å². The SMILES string of the molecule is COCCS(=O)(=O)Nc1cc(C)c(Br)c(C)c1. The fourth-order valence-corrected chi connectivity index (χ4v) is 2.62. The fourth-order valence-electron chi connectivity index (χ4n) is 1.43. The third-order valence-electron chi connectivity index (χ3n) is 2.27. The summed E-state index contributed by atoms with van der Waals surface area (Å²) in [5.41, 5.74) is 2.57. The van der Waals surface area contributed by atoms with Crippen LogP contribution in [0, 0.1) is 13.8 Å². The van der Waals surface area contributed by atoms with E-state index >= 15 is 0 Å². The number of halogens is 1. The van der Waals surface area contributed by atoms with Crippen molar-refractivity contribution in [1.82, 2.24) is 0 Å². The van der Waals surface area contributed by atoms with Crippen molar-refractivity contribution in [3.63, 3.8) is 0 Å². The van der Waals surface area contributed by atoms with Crippen LogP contribution in [0.3, 0.4) is 0 Å². The molecule has 0 saturated heterocycles. The molecule has 1 rings (SSSR count). The molecule has 0 aromatic heterocycles. The summed E-state index contributed by atoms with van der Waals surface area (Å²) < 4.78 is 31.6. The summed E-state index contributed by atoms with van der Waals surface area (Å²) in [6, 6.07) is 3.59. The Morgan fingerprint density at radius 2 is 1.82 bits per heavy atom. The van der Waals surface area contributed by atoms with Crippen LogP contribution in [0.15, 0.2) is 16.6 Å². The molecule has 1 aromatic carbocycles. The summed E-state index contributed by atoms with van der Waals surface area (Å²) in [6.07, 6.45) is 0. The van der Waals surface area contributed by atoms with Crippen molar-refractivity contribution in [2.75, 3.05) is 24.2 Å². The van der Waals surface area contributed by atoms with Gasteiger partial charge in [0, 0.05) is 17.3 Å². The average molecular weight is 322 g/mol. The van der Waals surface area contributed by atoms with Gasteiger partial charge in [-0.25, -0.2) is 8.42 Å². The second-order valence-electron chi connectivity index (χ2n) is 3.84. The Kier molecular flexibility index (Phi) is 4.97. The highest BCUT2D eigenvalue weighted by Gasteiger charge is 2.11. The number of benzene rings is 1. The molecule has 1 N–H and O–H groups in total. The number of aryl methyl sites for hydroxylation is 2. The van der Waals surface area contributed by atoms with Crippen molar-refractivity contribution in [1.29, 1.82) is 0 Å². The number of rotatable bonds is 5. The minimum Gasteiger partial charge on any atom is -0.384 e. The van der Waals surface area contributed by atoms with Gasteiger partial charge < -0.3 is 4.74 Å². The van der Waals surface area contributed by atoms with E-state index in [2.05, 4.69) is 20.7 Å². The van der Waals surface area contributed by atoms with Gasteiger partial charge in [-0.1, -0.05) is 15.9 Å². The summed E-state index contributed by atoms with van der Waals surface area (Å²) in [4.78, 5) is 0. The maximum atomic E-state index is 11.7. The van der Waals surface area contributed by atoms with Gasteiger partial charge in [-0.2, -0.15) is 0 Å². The van der Waals surface area contributed by atoms with E-state index in [0.29, 0.717) is 5.69 Å². The number of anilines is 1. The molecule has 0 saturated carbocycles. The van der Waals surface area contributed by atoms with Crippen LogP contribution in [0.4, 0.5) is 5.69 Å². The van der Waals surface area contributed by atoms with Crippen LogP contribution in [0.25, 0.3) is 0 Å².